The molecule has 11 heteroatoms. The Hall–Kier alpha value is -2.92. The zero-order valence-electron chi connectivity index (χ0n) is 15.1. The van der Waals surface area contributed by atoms with Gasteiger partial charge in [-0.1, -0.05) is 18.2 Å². The van der Waals surface area contributed by atoms with Crippen molar-refractivity contribution in [2.24, 2.45) is 0 Å². The number of nitrogens with one attached hydrogen (secondary N) is 2. The Morgan fingerprint density at radius 3 is 2.41 bits per heavy atom. The number of amides is 1. The molecule has 0 saturated carbocycles. The fraction of sp³-hybridized carbons (Fsp3) is 0.222. The predicted octanol–water partition coefficient (Wildman–Crippen LogP) is 2.88. The van der Waals surface area contributed by atoms with Gasteiger partial charge in [0.2, 0.25) is 15.9 Å². The van der Waals surface area contributed by atoms with Crippen LogP contribution in [-0.2, 0) is 15.8 Å². The van der Waals surface area contributed by atoms with Crippen molar-refractivity contribution >= 4 is 21.6 Å². The zero-order valence-corrected chi connectivity index (χ0v) is 15.9. The molecule has 2 N–H and O–H groups in total. The fourth-order valence-electron chi connectivity index (χ4n) is 2.10. The number of carbonyl (C=O) groups excluding carboxylic acids is 1. The van der Waals surface area contributed by atoms with Crippen LogP contribution in [0.2, 0.25) is 0 Å². The summed E-state index contributed by atoms with van der Waals surface area (Å²) in [6, 6.07) is 8.60. The van der Waals surface area contributed by atoms with E-state index in [2.05, 4.69) is 26.3 Å². The molecule has 0 saturated heterocycles. The van der Waals surface area contributed by atoms with Gasteiger partial charge >= 0.3 is 6.18 Å². The first-order chi connectivity index (χ1) is 13.6. The van der Waals surface area contributed by atoms with Gasteiger partial charge in [-0.2, -0.15) is 13.2 Å². The normalized spacial score (nSPS) is 11.7. The van der Waals surface area contributed by atoms with E-state index in [1.807, 2.05) is 0 Å². The molecular formula is C18H18F3N3O4S. The van der Waals surface area contributed by atoms with E-state index in [0.717, 1.165) is 12.3 Å². The first kappa shape index (κ1) is 22.4. The molecule has 1 aromatic carbocycles. The Balaban J connectivity index is 1.94. The summed E-state index contributed by atoms with van der Waals surface area (Å²) >= 11 is 0. The molecule has 2 aromatic rings. The maximum atomic E-state index is 12.2. The molecule has 0 spiro atoms. The summed E-state index contributed by atoms with van der Waals surface area (Å²) in [4.78, 5) is 15.8. The number of anilines is 1. The monoisotopic (exact) mass is 429 g/mol. The van der Waals surface area contributed by atoms with Crippen LogP contribution in [0.25, 0.3) is 0 Å². The molecule has 0 unspecified atom stereocenters. The van der Waals surface area contributed by atoms with E-state index in [1.165, 1.54) is 24.3 Å². The standard InChI is InChI=1S/C18H18F3N3O4S/c1-2-9-23-29(26,27)11-13-3-6-15(7-4-13)24-17(25)14-5-8-16(22-10-14)28-12-18(19,20)21/h2-8,10,23H,1,9,11-12H2,(H,24,25). The lowest BCUT2D eigenvalue weighted by Crippen LogP contribution is -2.25. The second kappa shape index (κ2) is 9.52. The van der Waals surface area contributed by atoms with Crippen LogP contribution in [0.4, 0.5) is 18.9 Å². The molecule has 1 aromatic heterocycles. The van der Waals surface area contributed by atoms with Gasteiger partial charge in [-0.25, -0.2) is 18.1 Å². The van der Waals surface area contributed by atoms with E-state index in [0.29, 0.717) is 11.3 Å². The lowest BCUT2D eigenvalue weighted by atomic mass is 10.2. The molecule has 1 heterocycles. The van der Waals surface area contributed by atoms with E-state index >= 15 is 0 Å². The van der Waals surface area contributed by atoms with Gasteiger partial charge in [0.15, 0.2) is 6.61 Å². The van der Waals surface area contributed by atoms with Gasteiger partial charge < -0.3 is 10.1 Å². The number of hydrogen-bond acceptors (Lipinski definition) is 5. The molecule has 2 rings (SSSR count). The molecule has 0 atom stereocenters. The highest BCUT2D eigenvalue weighted by Gasteiger charge is 2.28. The van der Waals surface area contributed by atoms with Crippen molar-refractivity contribution in [3.63, 3.8) is 0 Å². The average Bonchev–Trinajstić information content (AvgIpc) is 2.66. The van der Waals surface area contributed by atoms with Crippen molar-refractivity contribution in [2.75, 3.05) is 18.5 Å². The Morgan fingerprint density at radius 1 is 1.17 bits per heavy atom. The van der Waals surface area contributed by atoms with Crippen LogP contribution in [0.5, 0.6) is 5.88 Å². The van der Waals surface area contributed by atoms with Crippen LogP contribution in [0.1, 0.15) is 15.9 Å². The molecule has 0 fully saturated rings. The van der Waals surface area contributed by atoms with Crippen LogP contribution in [-0.4, -0.2) is 38.6 Å². The number of pyridine rings is 1. The second-order valence-electron chi connectivity index (χ2n) is 5.84. The van der Waals surface area contributed by atoms with Crippen LogP contribution in [0, 0.1) is 0 Å². The Labute approximate surface area is 165 Å². The Morgan fingerprint density at radius 2 is 1.86 bits per heavy atom. The van der Waals surface area contributed by atoms with Gasteiger partial charge in [0, 0.05) is 24.5 Å². The number of hydrogen-bond donors (Lipinski definition) is 2. The van der Waals surface area contributed by atoms with E-state index in [-0.39, 0.29) is 23.7 Å². The number of halogens is 3. The second-order valence-corrected chi connectivity index (χ2v) is 7.64. The minimum atomic E-state index is -4.48. The van der Waals surface area contributed by atoms with Gasteiger partial charge in [0.25, 0.3) is 5.91 Å². The summed E-state index contributed by atoms with van der Waals surface area (Å²) in [5.41, 5.74) is 1.05. The smallest absolute Gasteiger partial charge is 0.422 e. The van der Waals surface area contributed by atoms with Crippen molar-refractivity contribution in [1.82, 2.24) is 9.71 Å². The van der Waals surface area contributed by atoms with Gasteiger partial charge in [-0.3, -0.25) is 4.79 Å². The average molecular weight is 429 g/mol. The van der Waals surface area contributed by atoms with Gasteiger partial charge in [-0.15, -0.1) is 6.58 Å². The minimum Gasteiger partial charge on any atom is -0.468 e. The van der Waals surface area contributed by atoms with Crippen LogP contribution in [0.3, 0.4) is 0 Å². The zero-order chi connectivity index (χ0) is 21.5. The predicted molar refractivity (Wildman–Crippen MR) is 101 cm³/mol. The van der Waals surface area contributed by atoms with Crippen molar-refractivity contribution in [3.8, 4) is 5.88 Å². The van der Waals surface area contributed by atoms with Crippen molar-refractivity contribution in [1.29, 1.82) is 0 Å². The quantitative estimate of drug-likeness (QED) is 0.598. The minimum absolute atomic E-state index is 0.115. The van der Waals surface area contributed by atoms with Gasteiger partial charge in [-0.05, 0) is 23.8 Å². The van der Waals surface area contributed by atoms with Crippen LogP contribution >= 0.6 is 0 Å². The lowest BCUT2D eigenvalue weighted by molar-refractivity contribution is -0.154. The number of sulfonamides is 1. The van der Waals surface area contributed by atoms with E-state index in [4.69, 9.17) is 0 Å². The molecule has 1 amide bonds. The van der Waals surface area contributed by atoms with Crippen LogP contribution < -0.4 is 14.8 Å². The number of alkyl halides is 3. The number of benzene rings is 1. The molecule has 0 aliphatic carbocycles. The number of aromatic nitrogens is 1. The molecule has 156 valence electrons. The molecule has 0 bridgehead atoms. The molecule has 0 aliphatic rings. The molecule has 0 aliphatic heterocycles. The Bertz CT molecular complexity index is 944. The number of carbonyl (C=O) groups is 1. The molecular weight excluding hydrogens is 411 g/mol. The SMILES string of the molecule is C=CCNS(=O)(=O)Cc1ccc(NC(=O)c2ccc(OCC(F)(F)F)nc2)cc1. The van der Waals surface area contributed by atoms with Crippen molar-refractivity contribution in [2.45, 2.75) is 11.9 Å². The first-order valence-electron chi connectivity index (χ1n) is 8.22. The van der Waals surface area contributed by atoms with Gasteiger partial charge in [0.05, 0.1) is 11.3 Å². The summed E-state index contributed by atoms with van der Waals surface area (Å²) < 4.78 is 66.8. The third-order valence-corrected chi connectivity index (χ3v) is 4.72. The fourth-order valence-corrected chi connectivity index (χ4v) is 3.20. The summed E-state index contributed by atoms with van der Waals surface area (Å²) in [5.74, 6) is -1.01. The summed E-state index contributed by atoms with van der Waals surface area (Å²) in [7, 11) is -3.49. The highest BCUT2D eigenvalue weighted by molar-refractivity contribution is 7.88. The maximum Gasteiger partial charge on any atom is 0.422 e. The third-order valence-electron chi connectivity index (χ3n) is 3.40. The number of ether oxygens (including phenoxy) is 1. The maximum absolute atomic E-state index is 12.2. The number of rotatable bonds is 9. The topological polar surface area (TPSA) is 97.4 Å². The van der Waals surface area contributed by atoms with E-state index < -0.39 is 28.7 Å². The highest BCUT2D eigenvalue weighted by Crippen LogP contribution is 2.18. The molecule has 29 heavy (non-hydrogen) atoms. The van der Waals surface area contributed by atoms with E-state index in [1.54, 1.807) is 12.1 Å². The summed E-state index contributed by atoms with van der Waals surface area (Å²) in [6.07, 6.45) is -1.96. The van der Waals surface area contributed by atoms with Crippen LogP contribution in [0.15, 0.2) is 55.3 Å². The number of nitrogens with zero attached hydrogens (tertiary/aromatic N) is 1. The first-order valence-corrected chi connectivity index (χ1v) is 9.87. The summed E-state index contributed by atoms with van der Waals surface area (Å²) in [6.45, 7) is 2.09. The molecule has 7 nitrogen and oxygen atoms in total. The van der Waals surface area contributed by atoms with Crippen molar-refractivity contribution in [3.05, 3.63) is 66.4 Å². The Kier molecular flexibility index (Phi) is 7.35. The highest BCUT2D eigenvalue weighted by atomic mass is 32.2. The van der Waals surface area contributed by atoms with E-state index in [9.17, 15) is 26.4 Å². The largest absolute Gasteiger partial charge is 0.468 e. The lowest BCUT2D eigenvalue weighted by Gasteiger charge is -2.09. The molecule has 0 radical (unpaired) electrons. The van der Waals surface area contributed by atoms with Crippen molar-refractivity contribution < 1.29 is 31.1 Å². The summed E-state index contributed by atoms with van der Waals surface area (Å²) in [5, 5.41) is 2.58. The van der Waals surface area contributed by atoms with Gasteiger partial charge in [0.1, 0.15) is 0 Å². The third kappa shape index (κ3) is 7.92.